The minimum absolute atomic E-state index is 0.879. The fourth-order valence-electron chi connectivity index (χ4n) is 3.36. The molecule has 0 radical (unpaired) electrons. The first-order valence-corrected chi connectivity index (χ1v) is 9.66. The Labute approximate surface area is 162 Å². The number of anilines is 3. The number of pyridine rings is 2. The van der Waals surface area contributed by atoms with Gasteiger partial charge in [0.15, 0.2) is 0 Å². The number of para-hydroxylation sites is 2. The van der Waals surface area contributed by atoms with Crippen LogP contribution in [0.2, 0.25) is 0 Å². The van der Waals surface area contributed by atoms with Crippen LogP contribution in [0.5, 0.6) is 0 Å². The number of hydrogen-bond acceptors (Lipinski definition) is 4. The summed E-state index contributed by atoms with van der Waals surface area (Å²) in [7, 11) is 0. The summed E-state index contributed by atoms with van der Waals surface area (Å²) >= 11 is 1.81. The van der Waals surface area contributed by atoms with Crippen molar-refractivity contribution >= 4 is 28.8 Å². The molecule has 4 aromatic rings. The van der Waals surface area contributed by atoms with Crippen LogP contribution in [0, 0.1) is 6.92 Å². The molecule has 3 nitrogen and oxygen atoms in total. The van der Waals surface area contributed by atoms with E-state index in [-0.39, 0.29) is 0 Å². The van der Waals surface area contributed by atoms with Crippen molar-refractivity contribution < 1.29 is 0 Å². The van der Waals surface area contributed by atoms with E-state index in [1.165, 1.54) is 26.7 Å². The molecule has 0 fully saturated rings. The number of fused-ring (bicyclic) bond motifs is 2. The number of hydrogen-bond donors (Lipinski definition) is 0. The van der Waals surface area contributed by atoms with Gasteiger partial charge in [0.05, 0.1) is 22.8 Å². The zero-order chi connectivity index (χ0) is 18.2. The Hall–Kier alpha value is -3.11. The smallest absolute Gasteiger partial charge is 0.0907 e. The molecule has 0 unspecified atom stereocenters. The molecule has 5 rings (SSSR count). The third-order valence-electron chi connectivity index (χ3n) is 4.61. The Morgan fingerprint density at radius 3 is 1.96 bits per heavy atom. The van der Waals surface area contributed by atoms with Crippen LogP contribution in [-0.2, 0) is 0 Å². The molecular weight excluding hydrogens is 350 g/mol. The van der Waals surface area contributed by atoms with Crippen LogP contribution in [0.3, 0.4) is 0 Å². The Kier molecular flexibility index (Phi) is 3.91. The predicted octanol–water partition coefficient (Wildman–Crippen LogP) is 6.39. The Morgan fingerprint density at radius 2 is 1.30 bits per heavy atom. The molecular formula is C23H17N3S. The number of rotatable bonds is 2. The van der Waals surface area contributed by atoms with Gasteiger partial charge in [0.2, 0.25) is 0 Å². The lowest BCUT2D eigenvalue weighted by Crippen LogP contribution is -2.14. The second-order valence-electron chi connectivity index (χ2n) is 6.49. The molecule has 0 N–H and O–H groups in total. The highest BCUT2D eigenvalue weighted by Crippen LogP contribution is 2.51. The van der Waals surface area contributed by atoms with E-state index in [0.717, 1.165) is 17.1 Å². The highest BCUT2D eigenvalue weighted by atomic mass is 32.2. The van der Waals surface area contributed by atoms with Gasteiger partial charge < -0.3 is 4.90 Å². The minimum Gasteiger partial charge on any atom is -0.308 e. The molecule has 1 aliphatic heterocycles. The van der Waals surface area contributed by atoms with Crippen molar-refractivity contribution in [2.45, 2.75) is 16.7 Å². The number of benzene rings is 2. The molecule has 2 aromatic carbocycles. The molecule has 0 spiro atoms. The lowest BCUT2D eigenvalue weighted by molar-refractivity contribution is 1.15. The van der Waals surface area contributed by atoms with Gasteiger partial charge in [-0.2, -0.15) is 0 Å². The van der Waals surface area contributed by atoms with Crippen LogP contribution in [0.15, 0.2) is 95.0 Å². The molecule has 0 saturated heterocycles. The maximum absolute atomic E-state index is 4.56. The standard InChI is InChI=1S/C23H17N3S/c1-16-10-12-24-18(14-16)19-15-17(11-13-25-19)26-20-6-2-4-8-22(20)27-23-9-5-3-7-21(23)26/h2-15H,1H3. The van der Waals surface area contributed by atoms with Gasteiger partial charge in [-0.1, -0.05) is 36.0 Å². The summed E-state index contributed by atoms with van der Waals surface area (Å²) in [6, 6.07) is 25.3. The summed E-state index contributed by atoms with van der Waals surface area (Å²) in [5.41, 5.74) is 6.42. The molecule has 130 valence electrons. The first kappa shape index (κ1) is 16.1. The lowest BCUT2D eigenvalue weighted by atomic mass is 10.1. The largest absolute Gasteiger partial charge is 0.308 e. The second-order valence-corrected chi connectivity index (χ2v) is 7.57. The van der Waals surface area contributed by atoms with Crippen LogP contribution in [-0.4, -0.2) is 9.97 Å². The third kappa shape index (κ3) is 2.88. The zero-order valence-corrected chi connectivity index (χ0v) is 15.6. The molecule has 0 atom stereocenters. The summed E-state index contributed by atoms with van der Waals surface area (Å²) in [5.74, 6) is 0. The summed E-state index contributed by atoms with van der Waals surface area (Å²) in [6.07, 6.45) is 3.70. The normalized spacial score (nSPS) is 12.4. The Bertz CT molecular complexity index is 1090. The van der Waals surface area contributed by atoms with Crippen molar-refractivity contribution in [1.29, 1.82) is 0 Å². The van der Waals surface area contributed by atoms with E-state index >= 15 is 0 Å². The van der Waals surface area contributed by atoms with Crippen molar-refractivity contribution in [3.8, 4) is 11.4 Å². The van der Waals surface area contributed by atoms with Gasteiger partial charge in [0.25, 0.3) is 0 Å². The van der Waals surface area contributed by atoms with Gasteiger partial charge in [0.1, 0.15) is 0 Å². The molecule has 27 heavy (non-hydrogen) atoms. The molecule has 4 heteroatoms. The van der Waals surface area contributed by atoms with Gasteiger partial charge in [-0.15, -0.1) is 0 Å². The summed E-state index contributed by atoms with van der Waals surface area (Å²) in [6.45, 7) is 2.07. The monoisotopic (exact) mass is 367 g/mol. The van der Waals surface area contributed by atoms with Gasteiger partial charge in [-0.25, -0.2) is 0 Å². The van der Waals surface area contributed by atoms with Crippen molar-refractivity contribution in [3.63, 3.8) is 0 Å². The van der Waals surface area contributed by atoms with Crippen LogP contribution < -0.4 is 4.90 Å². The summed E-state index contributed by atoms with van der Waals surface area (Å²) in [4.78, 5) is 13.9. The van der Waals surface area contributed by atoms with Crippen molar-refractivity contribution in [3.05, 3.63) is 90.8 Å². The number of aromatic nitrogens is 2. The molecule has 2 aromatic heterocycles. The van der Waals surface area contributed by atoms with E-state index in [4.69, 9.17) is 0 Å². The van der Waals surface area contributed by atoms with Gasteiger partial charge in [-0.3, -0.25) is 9.97 Å². The predicted molar refractivity (Wildman–Crippen MR) is 111 cm³/mol. The van der Waals surface area contributed by atoms with E-state index in [1.54, 1.807) is 0 Å². The summed E-state index contributed by atoms with van der Waals surface area (Å²) in [5, 5.41) is 0. The lowest BCUT2D eigenvalue weighted by Gasteiger charge is -2.32. The van der Waals surface area contributed by atoms with E-state index in [1.807, 2.05) is 30.2 Å². The Balaban J connectivity index is 1.68. The van der Waals surface area contributed by atoms with Gasteiger partial charge in [-0.05, 0) is 61.0 Å². The first-order chi connectivity index (χ1) is 13.3. The fourth-order valence-corrected chi connectivity index (χ4v) is 4.42. The second kappa shape index (κ2) is 6.56. The Morgan fingerprint density at radius 1 is 0.704 bits per heavy atom. The van der Waals surface area contributed by atoms with Gasteiger partial charge in [0, 0.05) is 27.9 Å². The van der Waals surface area contributed by atoms with Crippen molar-refractivity contribution in [1.82, 2.24) is 9.97 Å². The molecule has 1 aliphatic rings. The van der Waals surface area contributed by atoms with E-state index < -0.39 is 0 Å². The summed E-state index contributed by atoms with van der Waals surface area (Å²) < 4.78 is 0. The van der Waals surface area contributed by atoms with E-state index in [9.17, 15) is 0 Å². The van der Waals surface area contributed by atoms with Crippen molar-refractivity contribution in [2.75, 3.05) is 4.90 Å². The maximum Gasteiger partial charge on any atom is 0.0907 e. The molecule has 3 heterocycles. The molecule has 0 bridgehead atoms. The zero-order valence-electron chi connectivity index (χ0n) is 14.8. The first-order valence-electron chi connectivity index (χ1n) is 8.85. The number of nitrogens with zero attached hydrogens (tertiary/aromatic N) is 3. The minimum atomic E-state index is 0.879. The molecule has 0 saturated carbocycles. The topological polar surface area (TPSA) is 29.0 Å². The highest BCUT2D eigenvalue weighted by Gasteiger charge is 2.24. The third-order valence-corrected chi connectivity index (χ3v) is 5.74. The fraction of sp³-hybridized carbons (Fsp3) is 0.0435. The number of aryl methyl sites for hydroxylation is 1. The van der Waals surface area contributed by atoms with E-state index in [2.05, 4.69) is 88.5 Å². The highest BCUT2D eigenvalue weighted by molar-refractivity contribution is 7.99. The molecule has 0 amide bonds. The van der Waals surface area contributed by atoms with Crippen LogP contribution in [0.4, 0.5) is 17.1 Å². The SMILES string of the molecule is Cc1ccnc(-c2cc(N3c4ccccc4Sc4ccccc43)ccn2)c1. The average molecular weight is 367 g/mol. The van der Waals surface area contributed by atoms with Gasteiger partial charge >= 0.3 is 0 Å². The average Bonchev–Trinajstić information content (AvgIpc) is 2.72. The quantitative estimate of drug-likeness (QED) is 0.362. The molecule has 0 aliphatic carbocycles. The maximum atomic E-state index is 4.56. The van der Waals surface area contributed by atoms with E-state index in [0.29, 0.717) is 0 Å². The van der Waals surface area contributed by atoms with Crippen molar-refractivity contribution in [2.24, 2.45) is 0 Å². The van der Waals surface area contributed by atoms with Crippen LogP contribution >= 0.6 is 11.8 Å². The van der Waals surface area contributed by atoms with Crippen LogP contribution in [0.1, 0.15) is 5.56 Å². The van der Waals surface area contributed by atoms with Crippen LogP contribution in [0.25, 0.3) is 11.4 Å².